The highest BCUT2D eigenvalue weighted by molar-refractivity contribution is 6.07. The van der Waals surface area contributed by atoms with E-state index in [0.717, 1.165) is 28.9 Å². The normalized spacial score (nSPS) is 20.7. The molecule has 15 heteroatoms. The van der Waals surface area contributed by atoms with Crippen LogP contribution in [0.1, 0.15) is 63.9 Å². The Morgan fingerprint density at radius 2 is 1.57 bits per heavy atom. The Bertz CT molecular complexity index is 2300. The second kappa shape index (κ2) is 16.9. The minimum Gasteiger partial charge on any atom is -0.497 e. The van der Waals surface area contributed by atoms with Gasteiger partial charge in [-0.2, -0.15) is 0 Å². The number of hydrogen-bond donors (Lipinski definition) is 1. The molecule has 0 bridgehead atoms. The molecule has 4 aliphatic heterocycles. The molecule has 1 aliphatic carbocycles. The van der Waals surface area contributed by atoms with Crippen molar-refractivity contribution in [2.75, 3.05) is 63.5 Å². The van der Waals surface area contributed by atoms with Crippen molar-refractivity contribution < 1.29 is 52.7 Å². The Hall–Kier alpha value is -6.48. The molecule has 320 valence electrons. The first-order valence-corrected chi connectivity index (χ1v) is 20.4. The Labute approximate surface area is 354 Å². The molecule has 61 heavy (non-hydrogen) atoms. The second-order valence-electron chi connectivity index (χ2n) is 16.0. The quantitative estimate of drug-likeness (QED) is 0.144. The number of methoxy groups -OCH3 is 2. The second-order valence-corrected chi connectivity index (χ2v) is 16.0. The summed E-state index contributed by atoms with van der Waals surface area (Å²) in [5.41, 5.74) is 3.55. The Morgan fingerprint density at radius 3 is 2.28 bits per heavy atom. The van der Waals surface area contributed by atoms with Gasteiger partial charge in [0.1, 0.15) is 24.7 Å². The van der Waals surface area contributed by atoms with E-state index in [4.69, 9.17) is 28.4 Å². The number of amides is 4. The summed E-state index contributed by atoms with van der Waals surface area (Å²) in [4.78, 5) is 61.2. The molecule has 1 saturated heterocycles. The Morgan fingerprint density at radius 1 is 0.869 bits per heavy atom. The van der Waals surface area contributed by atoms with E-state index in [1.54, 1.807) is 41.2 Å². The minimum atomic E-state index is -1.32. The molecule has 15 nitrogen and oxygen atoms in total. The van der Waals surface area contributed by atoms with E-state index < -0.39 is 24.5 Å². The van der Waals surface area contributed by atoms with Crippen LogP contribution in [0.25, 0.3) is 5.57 Å². The van der Waals surface area contributed by atoms with E-state index in [1.807, 2.05) is 37.4 Å². The van der Waals surface area contributed by atoms with Gasteiger partial charge in [-0.1, -0.05) is 37.4 Å². The molecule has 3 aromatic rings. The fraction of sp³-hybridized carbons (Fsp3) is 0.391. The van der Waals surface area contributed by atoms with E-state index in [2.05, 4.69) is 13.2 Å². The number of nitrogens with zero attached hydrogens (tertiary/aromatic N) is 4. The van der Waals surface area contributed by atoms with Crippen molar-refractivity contribution in [1.29, 1.82) is 0 Å². The van der Waals surface area contributed by atoms with Crippen LogP contribution >= 0.6 is 0 Å². The van der Waals surface area contributed by atoms with Crippen LogP contribution in [0.3, 0.4) is 0 Å². The maximum absolute atomic E-state index is 14.2. The molecule has 4 amide bonds. The van der Waals surface area contributed by atoms with Gasteiger partial charge in [0.15, 0.2) is 17.7 Å². The third kappa shape index (κ3) is 7.85. The molecule has 1 N–H and O–H groups in total. The van der Waals surface area contributed by atoms with Crippen LogP contribution < -0.4 is 28.7 Å². The molecule has 3 aromatic carbocycles. The lowest BCUT2D eigenvalue weighted by Crippen LogP contribution is -2.50. The van der Waals surface area contributed by atoms with Gasteiger partial charge in [0.25, 0.3) is 11.8 Å². The molecule has 2 fully saturated rings. The van der Waals surface area contributed by atoms with Crippen molar-refractivity contribution in [1.82, 2.24) is 9.80 Å². The Balaban J connectivity index is 0.999. The van der Waals surface area contributed by atoms with E-state index in [9.17, 15) is 24.3 Å². The summed E-state index contributed by atoms with van der Waals surface area (Å²) in [6.07, 6.45) is 5.45. The lowest BCUT2D eigenvalue weighted by Gasteiger charge is -2.31. The number of carbonyl (C=O) groups is 4. The SMILES string of the molecule is C=CCOC(=O)N1C[C@@H]2CC(c3cccc(OC)c3)=CN2C(=O)c2cc(OC)c(OCCCOc3cc4c(cc3C)C(=O)N3CC5(CC5)C[C@H]3C(O)N4C(=O)OCC=C)cc21. The van der Waals surface area contributed by atoms with Crippen LogP contribution in [0.4, 0.5) is 21.0 Å². The van der Waals surface area contributed by atoms with E-state index in [1.165, 1.54) is 24.2 Å². The molecule has 8 rings (SSSR count). The summed E-state index contributed by atoms with van der Waals surface area (Å²) in [7, 11) is 3.07. The molecule has 0 aromatic heterocycles. The van der Waals surface area contributed by atoms with Gasteiger partial charge in [0, 0.05) is 31.3 Å². The number of ether oxygens (including phenoxy) is 6. The molecule has 5 aliphatic rings. The lowest BCUT2D eigenvalue weighted by atomic mass is 10.0. The zero-order chi connectivity index (χ0) is 43.0. The first-order valence-electron chi connectivity index (χ1n) is 20.4. The number of aryl methyl sites for hydroxylation is 1. The van der Waals surface area contributed by atoms with E-state index in [-0.39, 0.29) is 73.1 Å². The number of carbonyl (C=O) groups excluding carboxylic acids is 4. The monoisotopic (exact) mass is 834 g/mol. The number of benzene rings is 3. The van der Waals surface area contributed by atoms with Gasteiger partial charge >= 0.3 is 12.2 Å². The average Bonchev–Trinajstić information content (AvgIpc) is 3.77. The largest absolute Gasteiger partial charge is 0.497 e. The van der Waals surface area contributed by atoms with E-state index >= 15 is 0 Å². The number of aliphatic hydroxyl groups excluding tert-OH is 1. The zero-order valence-electron chi connectivity index (χ0n) is 34.6. The van der Waals surface area contributed by atoms with Gasteiger partial charge in [-0.15, -0.1) is 0 Å². The minimum absolute atomic E-state index is 0.00990. The summed E-state index contributed by atoms with van der Waals surface area (Å²) in [6.45, 7) is 10.1. The first kappa shape index (κ1) is 41.3. The topological polar surface area (TPSA) is 157 Å². The predicted molar refractivity (Wildman–Crippen MR) is 225 cm³/mol. The van der Waals surface area contributed by atoms with Crippen molar-refractivity contribution in [2.45, 2.75) is 57.3 Å². The number of hydrogen-bond acceptors (Lipinski definition) is 11. The number of fused-ring (bicyclic) bond motifs is 4. The molecule has 0 radical (unpaired) electrons. The standard InChI is InChI=1S/C46H50N4O11/c1-6-14-60-44(54)48-26-31-19-30(29-10-8-11-32(20-29)56-4)25-47(31)41(51)34-21-39(57-5)40(22-35(34)48)59-17-9-16-58-38-23-36-33(18-28(38)3)42(52)49-27-46(12-13-46)24-37(49)43(53)50(36)45(55)61-15-7-2/h6-8,10-11,18,20-23,25,31,37,43,53H,1-2,9,12-17,19,24,26-27H2,3-5H3/t31-,37-,43?/m0/s1. The molecule has 1 saturated carbocycles. The van der Waals surface area contributed by atoms with Crippen LogP contribution in [-0.2, 0) is 9.47 Å². The van der Waals surface area contributed by atoms with Crippen molar-refractivity contribution in [3.05, 3.63) is 102 Å². The van der Waals surface area contributed by atoms with Gasteiger partial charge in [-0.3, -0.25) is 14.5 Å². The highest BCUT2D eigenvalue weighted by Crippen LogP contribution is 2.57. The highest BCUT2D eigenvalue weighted by Gasteiger charge is 2.58. The number of aliphatic hydroxyl groups is 1. The maximum Gasteiger partial charge on any atom is 0.416 e. The molecule has 1 spiro atoms. The average molecular weight is 835 g/mol. The zero-order valence-corrected chi connectivity index (χ0v) is 34.6. The fourth-order valence-electron chi connectivity index (χ4n) is 8.74. The molecule has 4 heterocycles. The third-order valence-corrected chi connectivity index (χ3v) is 12.0. The third-order valence-electron chi connectivity index (χ3n) is 12.0. The van der Waals surface area contributed by atoms with Crippen molar-refractivity contribution >= 4 is 40.9 Å². The fourth-order valence-corrected chi connectivity index (χ4v) is 8.74. The lowest BCUT2D eigenvalue weighted by molar-refractivity contribution is 0.0496. The van der Waals surface area contributed by atoms with Gasteiger partial charge in [-0.05, 0) is 79.0 Å². The van der Waals surface area contributed by atoms with Gasteiger partial charge in [0.2, 0.25) is 0 Å². The smallest absolute Gasteiger partial charge is 0.416 e. The van der Waals surface area contributed by atoms with Crippen LogP contribution in [0.5, 0.6) is 23.0 Å². The maximum atomic E-state index is 14.2. The van der Waals surface area contributed by atoms with Crippen molar-refractivity contribution in [3.8, 4) is 23.0 Å². The molecule has 3 atom stereocenters. The highest BCUT2D eigenvalue weighted by atomic mass is 16.6. The van der Waals surface area contributed by atoms with Crippen LogP contribution in [0.2, 0.25) is 0 Å². The summed E-state index contributed by atoms with van der Waals surface area (Å²) >= 11 is 0. The summed E-state index contributed by atoms with van der Waals surface area (Å²) < 4.78 is 34.4. The summed E-state index contributed by atoms with van der Waals surface area (Å²) in [6, 6.07) is 13.2. The van der Waals surface area contributed by atoms with Gasteiger partial charge in [0.05, 0.1) is 68.6 Å². The van der Waals surface area contributed by atoms with Crippen molar-refractivity contribution in [2.24, 2.45) is 5.41 Å². The van der Waals surface area contributed by atoms with Crippen molar-refractivity contribution in [3.63, 3.8) is 0 Å². The number of rotatable bonds is 13. The predicted octanol–water partition coefficient (Wildman–Crippen LogP) is 6.71. The number of anilines is 2. The molecular weight excluding hydrogens is 785 g/mol. The van der Waals surface area contributed by atoms with Crippen LogP contribution in [-0.4, -0.2) is 111 Å². The van der Waals surface area contributed by atoms with E-state index in [0.29, 0.717) is 60.1 Å². The van der Waals surface area contributed by atoms with Crippen LogP contribution in [0, 0.1) is 12.3 Å². The van der Waals surface area contributed by atoms with Crippen LogP contribution in [0.15, 0.2) is 80.0 Å². The molecule has 1 unspecified atom stereocenters. The summed E-state index contributed by atoms with van der Waals surface area (Å²) in [5.74, 6) is 1.16. The van der Waals surface area contributed by atoms with Gasteiger partial charge in [-0.25, -0.2) is 14.5 Å². The van der Waals surface area contributed by atoms with Gasteiger partial charge < -0.3 is 43.3 Å². The summed E-state index contributed by atoms with van der Waals surface area (Å²) in [5, 5.41) is 11.6. The molecular formula is C46H50N4O11. The Kier molecular flexibility index (Phi) is 11.4. The first-order chi connectivity index (χ1) is 29.5.